The third kappa shape index (κ3) is 5.89. The highest BCUT2D eigenvalue weighted by molar-refractivity contribution is 7.99. The molecule has 0 aliphatic heterocycles. The van der Waals surface area contributed by atoms with Gasteiger partial charge in [-0.3, -0.25) is 14.2 Å². The van der Waals surface area contributed by atoms with Crippen molar-refractivity contribution in [3.8, 4) is 5.69 Å². The summed E-state index contributed by atoms with van der Waals surface area (Å²) < 4.78 is 1.61. The first-order valence-electron chi connectivity index (χ1n) is 10.7. The number of rotatable bonds is 10. The Morgan fingerprint density at radius 1 is 1.10 bits per heavy atom. The number of amides is 1. The van der Waals surface area contributed by atoms with Crippen LogP contribution in [-0.2, 0) is 4.79 Å². The SMILES string of the molecule is CCCN(CCC)C(=O)CCCSc1nc2ccccc2c(=O)n1-c1cccc(Cl)c1. The van der Waals surface area contributed by atoms with Gasteiger partial charge in [0, 0.05) is 30.3 Å². The van der Waals surface area contributed by atoms with Crippen molar-refractivity contribution in [2.45, 2.75) is 44.7 Å². The van der Waals surface area contributed by atoms with Crippen LogP contribution in [0.15, 0.2) is 58.5 Å². The molecule has 0 spiro atoms. The van der Waals surface area contributed by atoms with E-state index in [2.05, 4.69) is 13.8 Å². The van der Waals surface area contributed by atoms with E-state index in [4.69, 9.17) is 16.6 Å². The maximum atomic E-state index is 13.2. The van der Waals surface area contributed by atoms with E-state index in [1.165, 1.54) is 11.8 Å². The Labute approximate surface area is 192 Å². The summed E-state index contributed by atoms with van der Waals surface area (Å²) in [5, 5.41) is 1.74. The molecule has 0 saturated heterocycles. The minimum atomic E-state index is -0.122. The number of thioether (sulfide) groups is 1. The van der Waals surface area contributed by atoms with E-state index in [-0.39, 0.29) is 11.5 Å². The molecular formula is C24H28ClN3O2S. The van der Waals surface area contributed by atoms with Crippen LogP contribution in [0.2, 0.25) is 5.02 Å². The highest BCUT2D eigenvalue weighted by atomic mass is 35.5. The number of fused-ring (bicyclic) bond motifs is 1. The molecule has 0 bridgehead atoms. The number of para-hydroxylation sites is 1. The third-order valence-corrected chi connectivity index (χ3v) is 6.18. The molecule has 1 aromatic heterocycles. The Morgan fingerprint density at radius 3 is 2.55 bits per heavy atom. The van der Waals surface area contributed by atoms with Crippen LogP contribution in [-0.4, -0.2) is 39.2 Å². The fourth-order valence-corrected chi connectivity index (χ4v) is 4.63. The van der Waals surface area contributed by atoms with Gasteiger partial charge in [-0.1, -0.05) is 55.4 Å². The summed E-state index contributed by atoms with van der Waals surface area (Å²) in [6.45, 7) is 5.79. The van der Waals surface area contributed by atoms with Crippen molar-refractivity contribution in [1.82, 2.24) is 14.5 Å². The van der Waals surface area contributed by atoms with Gasteiger partial charge in [-0.25, -0.2) is 4.98 Å². The second-order valence-corrected chi connectivity index (χ2v) is 8.86. The predicted octanol–water partition coefficient (Wildman–Crippen LogP) is 5.56. The maximum absolute atomic E-state index is 13.2. The van der Waals surface area contributed by atoms with Gasteiger partial charge in [-0.2, -0.15) is 0 Å². The first-order chi connectivity index (χ1) is 15.0. The quantitative estimate of drug-likeness (QED) is 0.227. The van der Waals surface area contributed by atoms with E-state index in [0.29, 0.717) is 38.9 Å². The predicted molar refractivity (Wildman–Crippen MR) is 129 cm³/mol. The van der Waals surface area contributed by atoms with E-state index in [9.17, 15) is 9.59 Å². The van der Waals surface area contributed by atoms with Gasteiger partial charge >= 0.3 is 0 Å². The molecule has 0 radical (unpaired) electrons. The first-order valence-corrected chi connectivity index (χ1v) is 12.1. The van der Waals surface area contributed by atoms with Crippen LogP contribution in [0.3, 0.4) is 0 Å². The summed E-state index contributed by atoms with van der Waals surface area (Å²) >= 11 is 7.67. The number of aromatic nitrogens is 2. The van der Waals surface area contributed by atoms with Crippen molar-refractivity contribution in [3.05, 3.63) is 63.9 Å². The van der Waals surface area contributed by atoms with Gasteiger partial charge in [0.05, 0.1) is 16.6 Å². The van der Waals surface area contributed by atoms with Crippen molar-refractivity contribution in [1.29, 1.82) is 0 Å². The number of hydrogen-bond donors (Lipinski definition) is 0. The molecule has 0 aliphatic carbocycles. The number of benzene rings is 2. The Balaban J connectivity index is 1.81. The van der Waals surface area contributed by atoms with Gasteiger partial charge in [-0.15, -0.1) is 0 Å². The molecule has 0 fully saturated rings. The molecule has 0 atom stereocenters. The average Bonchev–Trinajstić information content (AvgIpc) is 2.76. The first kappa shape index (κ1) is 23.4. The van der Waals surface area contributed by atoms with Gasteiger partial charge in [-0.05, 0) is 49.6 Å². The van der Waals surface area contributed by atoms with E-state index in [1.807, 2.05) is 35.2 Å². The Bertz CT molecular complexity index is 1090. The fraction of sp³-hybridized carbons (Fsp3) is 0.375. The lowest BCUT2D eigenvalue weighted by atomic mass is 10.2. The minimum Gasteiger partial charge on any atom is -0.343 e. The van der Waals surface area contributed by atoms with Crippen molar-refractivity contribution in [2.75, 3.05) is 18.8 Å². The van der Waals surface area contributed by atoms with Gasteiger partial charge in [0.15, 0.2) is 5.16 Å². The van der Waals surface area contributed by atoms with Crippen LogP contribution < -0.4 is 5.56 Å². The lowest BCUT2D eigenvalue weighted by Gasteiger charge is -2.21. The maximum Gasteiger partial charge on any atom is 0.266 e. The Hall–Kier alpha value is -2.31. The highest BCUT2D eigenvalue weighted by Crippen LogP contribution is 2.24. The summed E-state index contributed by atoms with van der Waals surface area (Å²) in [6.07, 6.45) is 3.16. The van der Waals surface area contributed by atoms with E-state index < -0.39 is 0 Å². The van der Waals surface area contributed by atoms with E-state index >= 15 is 0 Å². The minimum absolute atomic E-state index is 0.122. The summed E-state index contributed by atoms with van der Waals surface area (Å²) in [7, 11) is 0. The lowest BCUT2D eigenvalue weighted by Crippen LogP contribution is -2.32. The average molecular weight is 458 g/mol. The van der Waals surface area contributed by atoms with Crippen molar-refractivity contribution in [2.24, 2.45) is 0 Å². The van der Waals surface area contributed by atoms with Gasteiger partial charge in [0.25, 0.3) is 5.56 Å². The molecule has 0 saturated carbocycles. The van der Waals surface area contributed by atoms with Crippen LogP contribution in [0, 0.1) is 0 Å². The summed E-state index contributed by atoms with van der Waals surface area (Å²) in [5.41, 5.74) is 1.23. The Kier molecular flexibility index (Phi) is 8.55. The number of carbonyl (C=O) groups is 1. The van der Waals surface area contributed by atoms with Crippen LogP contribution in [0.1, 0.15) is 39.5 Å². The molecule has 0 N–H and O–H groups in total. The number of hydrogen-bond acceptors (Lipinski definition) is 4. The summed E-state index contributed by atoms with van der Waals surface area (Å²) in [5.74, 6) is 0.895. The van der Waals surface area contributed by atoms with Gasteiger partial charge in [0.1, 0.15) is 0 Å². The molecule has 164 valence electrons. The molecule has 2 aromatic carbocycles. The van der Waals surface area contributed by atoms with Crippen LogP contribution in [0.4, 0.5) is 0 Å². The van der Waals surface area contributed by atoms with Crippen molar-refractivity contribution < 1.29 is 4.79 Å². The van der Waals surface area contributed by atoms with E-state index in [1.54, 1.807) is 22.8 Å². The second kappa shape index (κ2) is 11.3. The standard InChI is InChI=1S/C24H28ClN3O2S/c1-3-14-27(15-4-2)22(29)13-8-16-31-24-26-21-12-6-5-11-20(21)23(30)28(24)19-10-7-9-18(25)17-19/h5-7,9-12,17H,3-4,8,13-16H2,1-2H3. The highest BCUT2D eigenvalue weighted by Gasteiger charge is 2.15. The summed E-state index contributed by atoms with van der Waals surface area (Å²) in [4.78, 5) is 32.4. The van der Waals surface area contributed by atoms with Gasteiger partial charge < -0.3 is 4.90 Å². The summed E-state index contributed by atoms with van der Waals surface area (Å²) in [6, 6.07) is 14.6. The number of carbonyl (C=O) groups excluding carboxylic acids is 1. The zero-order valence-corrected chi connectivity index (χ0v) is 19.6. The smallest absolute Gasteiger partial charge is 0.266 e. The van der Waals surface area contributed by atoms with Crippen LogP contribution in [0.25, 0.3) is 16.6 Å². The normalized spacial score (nSPS) is 11.1. The molecule has 0 aliphatic rings. The molecule has 1 heterocycles. The molecule has 5 nitrogen and oxygen atoms in total. The second-order valence-electron chi connectivity index (χ2n) is 7.36. The van der Waals surface area contributed by atoms with E-state index in [0.717, 1.165) is 32.4 Å². The van der Waals surface area contributed by atoms with Crippen LogP contribution in [0.5, 0.6) is 0 Å². The number of nitrogens with zero attached hydrogens (tertiary/aromatic N) is 3. The van der Waals surface area contributed by atoms with Crippen LogP contribution >= 0.6 is 23.4 Å². The largest absolute Gasteiger partial charge is 0.343 e. The topological polar surface area (TPSA) is 55.2 Å². The molecular weight excluding hydrogens is 430 g/mol. The molecule has 0 unspecified atom stereocenters. The number of halogens is 1. The van der Waals surface area contributed by atoms with Crippen molar-refractivity contribution in [3.63, 3.8) is 0 Å². The third-order valence-electron chi connectivity index (χ3n) is 4.92. The zero-order valence-electron chi connectivity index (χ0n) is 18.0. The molecule has 1 amide bonds. The molecule has 3 rings (SSSR count). The fourth-order valence-electron chi connectivity index (χ4n) is 3.50. The Morgan fingerprint density at radius 2 is 1.84 bits per heavy atom. The van der Waals surface area contributed by atoms with Gasteiger partial charge in [0.2, 0.25) is 5.91 Å². The molecule has 3 aromatic rings. The lowest BCUT2D eigenvalue weighted by molar-refractivity contribution is -0.131. The monoisotopic (exact) mass is 457 g/mol. The van der Waals surface area contributed by atoms with Crippen molar-refractivity contribution >= 4 is 40.2 Å². The zero-order chi connectivity index (χ0) is 22.2. The molecule has 31 heavy (non-hydrogen) atoms. The molecule has 7 heteroatoms.